The number of amides is 1. The molecule has 76 valence electrons. The molecule has 0 heterocycles. The van der Waals surface area contributed by atoms with Crippen LogP contribution >= 0.6 is 11.6 Å². The van der Waals surface area contributed by atoms with E-state index in [1.165, 1.54) is 19.3 Å². The molecule has 0 aromatic rings. The second kappa shape index (κ2) is 5.48. The SMILES string of the molecule is CC1CCCCC1NC(=O)CCCl. The fourth-order valence-electron chi connectivity index (χ4n) is 1.90. The summed E-state index contributed by atoms with van der Waals surface area (Å²) >= 11 is 5.49. The highest BCUT2D eigenvalue weighted by Gasteiger charge is 2.22. The van der Waals surface area contributed by atoms with E-state index in [0.29, 0.717) is 24.3 Å². The molecule has 1 N–H and O–H groups in total. The lowest BCUT2D eigenvalue weighted by molar-refractivity contribution is -0.121. The molecule has 13 heavy (non-hydrogen) atoms. The van der Waals surface area contributed by atoms with Gasteiger partial charge in [-0.1, -0.05) is 19.8 Å². The molecule has 0 aromatic heterocycles. The number of carbonyl (C=O) groups excluding carboxylic acids is 1. The minimum Gasteiger partial charge on any atom is -0.353 e. The van der Waals surface area contributed by atoms with Crippen molar-refractivity contribution in [2.45, 2.75) is 45.1 Å². The van der Waals surface area contributed by atoms with Crippen LogP contribution < -0.4 is 5.32 Å². The zero-order chi connectivity index (χ0) is 9.68. The van der Waals surface area contributed by atoms with Gasteiger partial charge in [0, 0.05) is 18.3 Å². The van der Waals surface area contributed by atoms with E-state index in [9.17, 15) is 4.79 Å². The van der Waals surface area contributed by atoms with Crippen LogP contribution in [-0.4, -0.2) is 17.8 Å². The van der Waals surface area contributed by atoms with Crippen molar-refractivity contribution < 1.29 is 4.79 Å². The highest BCUT2D eigenvalue weighted by molar-refractivity contribution is 6.18. The zero-order valence-corrected chi connectivity index (χ0v) is 8.94. The van der Waals surface area contributed by atoms with Gasteiger partial charge in [0.1, 0.15) is 0 Å². The Morgan fingerprint density at radius 2 is 2.15 bits per heavy atom. The van der Waals surface area contributed by atoms with Crippen molar-refractivity contribution in [3.8, 4) is 0 Å². The second-order valence-corrected chi connectivity index (χ2v) is 4.25. The summed E-state index contributed by atoms with van der Waals surface area (Å²) in [6.07, 6.45) is 5.38. The Hall–Kier alpha value is -0.240. The Bertz CT molecular complexity index is 172. The van der Waals surface area contributed by atoms with Crippen LogP contribution in [0.5, 0.6) is 0 Å². The topological polar surface area (TPSA) is 29.1 Å². The van der Waals surface area contributed by atoms with E-state index in [1.54, 1.807) is 0 Å². The Morgan fingerprint density at radius 1 is 1.46 bits per heavy atom. The number of halogens is 1. The highest BCUT2D eigenvalue weighted by Crippen LogP contribution is 2.23. The van der Waals surface area contributed by atoms with Gasteiger partial charge in [0.05, 0.1) is 0 Å². The van der Waals surface area contributed by atoms with Crippen LogP contribution in [0.2, 0.25) is 0 Å². The lowest BCUT2D eigenvalue weighted by Crippen LogP contribution is -2.41. The van der Waals surface area contributed by atoms with Crippen LogP contribution in [-0.2, 0) is 4.79 Å². The quantitative estimate of drug-likeness (QED) is 0.701. The standard InChI is InChI=1S/C10H18ClNO/c1-8-4-2-3-5-9(8)12-10(13)6-7-11/h8-9H,2-7H2,1H3,(H,12,13). The summed E-state index contributed by atoms with van der Waals surface area (Å²) in [6.45, 7) is 2.21. The first-order chi connectivity index (χ1) is 6.24. The summed E-state index contributed by atoms with van der Waals surface area (Å²) in [6, 6.07) is 0.393. The number of hydrogen-bond donors (Lipinski definition) is 1. The minimum absolute atomic E-state index is 0.105. The maximum absolute atomic E-state index is 11.3. The van der Waals surface area contributed by atoms with Gasteiger partial charge in [-0.3, -0.25) is 4.79 Å². The van der Waals surface area contributed by atoms with Crippen LogP contribution in [0.4, 0.5) is 0 Å². The fourth-order valence-corrected chi connectivity index (χ4v) is 2.07. The third-order valence-corrected chi connectivity index (χ3v) is 2.97. The number of carbonyl (C=O) groups is 1. The van der Waals surface area contributed by atoms with Gasteiger partial charge >= 0.3 is 0 Å². The van der Waals surface area contributed by atoms with Crippen molar-refractivity contribution >= 4 is 17.5 Å². The molecule has 2 atom stereocenters. The largest absolute Gasteiger partial charge is 0.353 e. The normalized spacial score (nSPS) is 28.5. The molecular weight excluding hydrogens is 186 g/mol. The lowest BCUT2D eigenvalue weighted by atomic mass is 9.86. The molecule has 0 aromatic carbocycles. The molecule has 2 unspecified atom stereocenters. The summed E-state index contributed by atoms with van der Waals surface area (Å²) < 4.78 is 0. The molecule has 1 aliphatic rings. The summed E-state index contributed by atoms with van der Waals surface area (Å²) in [5, 5.41) is 3.05. The van der Waals surface area contributed by atoms with Crippen LogP contribution in [0.1, 0.15) is 39.0 Å². The zero-order valence-electron chi connectivity index (χ0n) is 8.18. The van der Waals surface area contributed by atoms with Crippen molar-refractivity contribution in [1.82, 2.24) is 5.32 Å². The van der Waals surface area contributed by atoms with Crippen molar-refractivity contribution in [2.75, 3.05) is 5.88 Å². The van der Waals surface area contributed by atoms with Crippen molar-refractivity contribution in [3.05, 3.63) is 0 Å². The first-order valence-electron chi connectivity index (χ1n) is 5.09. The van der Waals surface area contributed by atoms with Crippen molar-refractivity contribution in [3.63, 3.8) is 0 Å². The Balaban J connectivity index is 2.29. The maximum Gasteiger partial charge on any atom is 0.221 e. The van der Waals surface area contributed by atoms with Gasteiger partial charge in [-0.25, -0.2) is 0 Å². The van der Waals surface area contributed by atoms with Gasteiger partial charge in [-0.2, -0.15) is 0 Å². The van der Waals surface area contributed by atoms with Crippen LogP contribution in [0.25, 0.3) is 0 Å². The third-order valence-electron chi connectivity index (χ3n) is 2.78. The molecule has 1 saturated carbocycles. The summed E-state index contributed by atoms with van der Waals surface area (Å²) in [5.41, 5.74) is 0. The predicted molar refractivity (Wildman–Crippen MR) is 54.9 cm³/mol. The molecule has 1 aliphatic carbocycles. The van der Waals surface area contributed by atoms with Gasteiger partial charge in [0.25, 0.3) is 0 Å². The maximum atomic E-state index is 11.3. The van der Waals surface area contributed by atoms with E-state index >= 15 is 0 Å². The fraction of sp³-hybridized carbons (Fsp3) is 0.900. The molecule has 2 nitrogen and oxygen atoms in total. The lowest BCUT2D eigenvalue weighted by Gasteiger charge is -2.29. The molecule has 0 saturated heterocycles. The summed E-state index contributed by atoms with van der Waals surface area (Å²) in [5.74, 6) is 1.16. The van der Waals surface area contributed by atoms with E-state index in [2.05, 4.69) is 12.2 Å². The third kappa shape index (κ3) is 3.55. The number of hydrogen-bond acceptors (Lipinski definition) is 1. The van der Waals surface area contributed by atoms with Gasteiger partial charge in [-0.05, 0) is 18.8 Å². The first-order valence-corrected chi connectivity index (χ1v) is 5.63. The highest BCUT2D eigenvalue weighted by atomic mass is 35.5. The average Bonchev–Trinajstić information content (AvgIpc) is 2.09. The first kappa shape index (κ1) is 10.8. The number of nitrogens with one attached hydrogen (secondary N) is 1. The Labute approximate surface area is 85.0 Å². The van der Waals surface area contributed by atoms with E-state index in [0.717, 1.165) is 6.42 Å². The molecule has 0 bridgehead atoms. The van der Waals surface area contributed by atoms with Gasteiger partial charge in [0.2, 0.25) is 5.91 Å². The molecule has 1 rings (SSSR count). The van der Waals surface area contributed by atoms with Crippen molar-refractivity contribution in [1.29, 1.82) is 0 Å². The molecule has 1 fully saturated rings. The van der Waals surface area contributed by atoms with Crippen molar-refractivity contribution in [2.24, 2.45) is 5.92 Å². The molecule has 3 heteroatoms. The average molecular weight is 204 g/mol. The van der Waals surface area contributed by atoms with Gasteiger partial charge in [0.15, 0.2) is 0 Å². The molecule has 0 aliphatic heterocycles. The molecular formula is C10H18ClNO. The smallest absolute Gasteiger partial charge is 0.221 e. The Morgan fingerprint density at radius 3 is 2.77 bits per heavy atom. The summed E-state index contributed by atoms with van der Waals surface area (Å²) in [4.78, 5) is 11.3. The molecule has 0 spiro atoms. The van der Waals surface area contributed by atoms with Crippen LogP contribution in [0.3, 0.4) is 0 Å². The number of alkyl halides is 1. The second-order valence-electron chi connectivity index (χ2n) is 3.87. The molecule has 0 radical (unpaired) electrons. The van der Waals surface area contributed by atoms with E-state index in [4.69, 9.17) is 11.6 Å². The van der Waals surface area contributed by atoms with E-state index in [-0.39, 0.29) is 5.91 Å². The predicted octanol–water partition coefficient (Wildman–Crippen LogP) is 2.31. The number of rotatable bonds is 3. The Kier molecular flexibility index (Phi) is 4.57. The van der Waals surface area contributed by atoms with E-state index < -0.39 is 0 Å². The summed E-state index contributed by atoms with van der Waals surface area (Å²) in [7, 11) is 0. The van der Waals surface area contributed by atoms with E-state index in [1.807, 2.05) is 0 Å². The monoisotopic (exact) mass is 203 g/mol. The van der Waals surface area contributed by atoms with Gasteiger partial charge in [-0.15, -0.1) is 11.6 Å². The van der Waals surface area contributed by atoms with Crippen LogP contribution in [0, 0.1) is 5.92 Å². The molecule has 1 amide bonds. The minimum atomic E-state index is 0.105. The van der Waals surface area contributed by atoms with Crippen LogP contribution in [0.15, 0.2) is 0 Å². The van der Waals surface area contributed by atoms with Gasteiger partial charge < -0.3 is 5.32 Å².